The van der Waals surface area contributed by atoms with Crippen LogP contribution in [-0.2, 0) is 0 Å². The summed E-state index contributed by atoms with van der Waals surface area (Å²) in [5, 5.41) is 3.38. The van der Waals surface area contributed by atoms with Gasteiger partial charge in [0.25, 0.3) is 0 Å². The van der Waals surface area contributed by atoms with Gasteiger partial charge in [0.1, 0.15) is 5.75 Å². The van der Waals surface area contributed by atoms with Crippen molar-refractivity contribution in [3.8, 4) is 5.75 Å². The molecule has 0 saturated carbocycles. The van der Waals surface area contributed by atoms with Gasteiger partial charge in [-0.2, -0.15) is 0 Å². The number of hydrogen-bond acceptors (Lipinski definition) is 3. The number of furan rings is 1. The highest BCUT2D eigenvalue weighted by molar-refractivity contribution is 5.47. The van der Waals surface area contributed by atoms with Crippen LogP contribution >= 0.6 is 0 Å². The first-order valence-electron chi connectivity index (χ1n) is 5.22. The molecule has 0 aliphatic heterocycles. The zero-order valence-electron chi connectivity index (χ0n) is 9.44. The second-order valence-corrected chi connectivity index (χ2v) is 3.65. The second kappa shape index (κ2) is 4.75. The molecule has 0 unspecified atom stereocenters. The topological polar surface area (TPSA) is 34.4 Å². The number of nitrogens with one attached hydrogen (secondary N) is 1. The lowest BCUT2D eigenvalue weighted by Gasteiger charge is -2.13. The van der Waals surface area contributed by atoms with Crippen LogP contribution in [0.5, 0.6) is 5.75 Å². The largest absolute Gasteiger partial charge is 0.497 e. The number of benzene rings is 1. The zero-order chi connectivity index (χ0) is 11.4. The minimum Gasteiger partial charge on any atom is -0.497 e. The Labute approximate surface area is 95.0 Å². The van der Waals surface area contributed by atoms with Crippen LogP contribution < -0.4 is 10.1 Å². The molecule has 3 nitrogen and oxygen atoms in total. The van der Waals surface area contributed by atoms with Gasteiger partial charge in [-0.3, -0.25) is 0 Å². The van der Waals surface area contributed by atoms with Crippen molar-refractivity contribution in [2.75, 3.05) is 12.4 Å². The van der Waals surface area contributed by atoms with Crippen molar-refractivity contribution in [2.24, 2.45) is 0 Å². The Morgan fingerprint density at radius 3 is 2.50 bits per heavy atom. The lowest BCUT2D eigenvalue weighted by Crippen LogP contribution is -2.05. The van der Waals surface area contributed by atoms with Crippen LogP contribution in [0.3, 0.4) is 0 Å². The van der Waals surface area contributed by atoms with Crippen LogP contribution in [0.25, 0.3) is 0 Å². The van der Waals surface area contributed by atoms with E-state index in [1.807, 2.05) is 30.3 Å². The summed E-state index contributed by atoms with van der Waals surface area (Å²) in [5.74, 6) is 0.863. The van der Waals surface area contributed by atoms with Gasteiger partial charge in [0.05, 0.1) is 25.7 Å². The molecule has 1 atom stereocenters. The number of anilines is 1. The summed E-state index contributed by atoms with van der Waals surface area (Å²) >= 11 is 0. The number of ether oxygens (including phenoxy) is 1. The lowest BCUT2D eigenvalue weighted by atomic mass is 10.1. The molecule has 0 amide bonds. The summed E-state index contributed by atoms with van der Waals surface area (Å²) in [7, 11) is 1.66. The fraction of sp³-hybridized carbons (Fsp3) is 0.231. The van der Waals surface area contributed by atoms with E-state index < -0.39 is 0 Å². The molecule has 0 saturated heterocycles. The van der Waals surface area contributed by atoms with Crippen LogP contribution in [0.15, 0.2) is 47.3 Å². The van der Waals surface area contributed by atoms with E-state index >= 15 is 0 Å². The molecule has 0 spiro atoms. The van der Waals surface area contributed by atoms with E-state index in [9.17, 15) is 0 Å². The third-order valence-electron chi connectivity index (χ3n) is 2.52. The Morgan fingerprint density at radius 1 is 1.19 bits per heavy atom. The first kappa shape index (κ1) is 10.6. The van der Waals surface area contributed by atoms with Gasteiger partial charge < -0.3 is 14.5 Å². The molecule has 1 N–H and O–H groups in total. The van der Waals surface area contributed by atoms with Gasteiger partial charge in [-0.25, -0.2) is 0 Å². The summed E-state index contributed by atoms with van der Waals surface area (Å²) in [4.78, 5) is 0. The van der Waals surface area contributed by atoms with Gasteiger partial charge in [0, 0.05) is 11.3 Å². The van der Waals surface area contributed by atoms with Gasteiger partial charge in [-0.05, 0) is 37.3 Å². The average Bonchev–Trinajstić information content (AvgIpc) is 2.83. The first-order chi connectivity index (χ1) is 7.79. The van der Waals surface area contributed by atoms with Crippen LogP contribution in [0.2, 0.25) is 0 Å². The monoisotopic (exact) mass is 217 g/mol. The highest BCUT2D eigenvalue weighted by Crippen LogP contribution is 2.21. The third kappa shape index (κ3) is 2.37. The molecule has 0 radical (unpaired) electrons. The standard InChI is InChI=1S/C13H15NO2/c1-10(11-7-8-16-9-11)14-12-3-5-13(15-2)6-4-12/h3-10,14H,1-2H3/t10-/m0/s1. The van der Waals surface area contributed by atoms with Crippen molar-refractivity contribution >= 4 is 5.69 Å². The van der Waals surface area contributed by atoms with Gasteiger partial charge in [-0.1, -0.05) is 0 Å². The van der Waals surface area contributed by atoms with Crippen molar-refractivity contribution in [1.82, 2.24) is 0 Å². The van der Waals surface area contributed by atoms with Crippen LogP contribution in [0, 0.1) is 0 Å². The molecule has 2 rings (SSSR count). The molecular formula is C13H15NO2. The molecule has 0 bridgehead atoms. The average molecular weight is 217 g/mol. The number of hydrogen-bond donors (Lipinski definition) is 1. The molecule has 84 valence electrons. The summed E-state index contributed by atoms with van der Waals surface area (Å²) in [6.45, 7) is 2.09. The molecule has 1 aromatic carbocycles. The summed E-state index contributed by atoms with van der Waals surface area (Å²) < 4.78 is 10.2. The zero-order valence-corrected chi connectivity index (χ0v) is 9.44. The summed E-state index contributed by atoms with van der Waals surface area (Å²) in [6.07, 6.45) is 3.43. The van der Waals surface area contributed by atoms with Crippen molar-refractivity contribution in [1.29, 1.82) is 0 Å². The highest BCUT2D eigenvalue weighted by atomic mass is 16.5. The second-order valence-electron chi connectivity index (χ2n) is 3.65. The quantitative estimate of drug-likeness (QED) is 0.851. The minimum absolute atomic E-state index is 0.229. The van der Waals surface area contributed by atoms with Crippen LogP contribution in [-0.4, -0.2) is 7.11 Å². The molecule has 2 aromatic rings. The van der Waals surface area contributed by atoms with Gasteiger partial charge >= 0.3 is 0 Å². The van der Waals surface area contributed by atoms with E-state index in [2.05, 4.69) is 12.2 Å². The van der Waals surface area contributed by atoms with Gasteiger partial charge in [-0.15, -0.1) is 0 Å². The fourth-order valence-electron chi connectivity index (χ4n) is 1.54. The molecular weight excluding hydrogens is 202 g/mol. The SMILES string of the molecule is COc1ccc(N[C@@H](C)c2ccoc2)cc1. The lowest BCUT2D eigenvalue weighted by molar-refractivity contribution is 0.415. The van der Waals surface area contributed by atoms with Crippen molar-refractivity contribution in [2.45, 2.75) is 13.0 Å². The predicted octanol–water partition coefficient (Wildman–Crippen LogP) is 3.46. The molecule has 0 aliphatic rings. The highest BCUT2D eigenvalue weighted by Gasteiger charge is 2.05. The first-order valence-corrected chi connectivity index (χ1v) is 5.22. The fourth-order valence-corrected chi connectivity index (χ4v) is 1.54. The normalized spacial score (nSPS) is 12.1. The van der Waals surface area contributed by atoms with Crippen molar-refractivity contribution in [3.63, 3.8) is 0 Å². The Balaban J connectivity index is 2.03. The predicted molar refractivity (Wildman–Crippen MR) is 63.7 cm³/mol. The van der Waals surface area contributed by atoms with Crippen molar-refractivity contribution in [3.05, 3.63) is 48.4 Å². The Kier molecular flexibility index (Phi) is 3.15. The third-order valence-corrected chi connectivity index (χ3v) is 2.52. The maximum atomic E-state index is 5.10. The van der Waals surface area contributed by atoms with E-state index in [-0.39, 0.29) is 6.04 Å². The van der Waals surface area contributed by atoms with Gasteiger partial charge in [0.2, 0.25) is 0 Å². The summed E-state index contributed by atoms with van der Waals surface area (Å²) in [5.41, 5.74) is 2.20. The van der Waals surface area contributed by atoms with E-state index in [0.717, 1.165) is 17.0 Å². The van der Waals surface area contributed by atoms with Crippen LogP contribution in [0.4, 0.5) is 5.69 Å². The molecule has 16 heavy (non-hydrogen) atoms. The Morgan fingerprint density at radius 2 is 1.94 bits per heavy atom. The van der Waals surface area contributed by atoms with Crippen molar-refractivity contribution < 1.29 is 9.15 Å². The van der Waals surface area contributed by atoms with E-state index in [1.165, 1.54) is 0 Å². The molecule has 0 fully saturated rings. The maximum absolute atomic E-state index is 5.10. The van der Waals surface area contributed by atoms with Crippen LogP contribution in [0.1, 0.15) is 18.5 Å². The molecule has 0 aliphatic carbocycles. The van der Waals surface area contributed by atoms with E-state index in [4.69, 9.17) is 9.15 Å². The van der Waals surface area contributed by atoms with Gasteiger partial charge in [0.15, 0.2) is 0 Å². The summed E-state index contributed by atoms with van der Waals surface area (Å²) in [6, 6.07) is 10.0. The number of methoxy groups -OCH3 is 1. The van der Waals surface area contributed by atoms with E-state index in [1.54, 1.807) is 19.6 Å². The Hall–Kier alpha value is -1.90. The smallest absolute Gasteiger partial charge is 0.119 e. The number of rotatable bonds is 4. The molecule has 1 aromatic heterocycles. The Bertz CT molecular complexity index is 420. The maximum Gasteiger partial charge on any atom is 0.119 e. The molecule has 3 heteroatoms. The minimum atomic E-state index is 0.229. The van der Waals surface area contributed by atoms with E-state index in [0.29, 0.717) is 0 Å². The molecule has 1 heterocycles.